The SMILES string of the molecule is O=C1N[C@@](N2CCOCC2)(C(F)(F)F)C(=O)N1c1ccc(F)cc1. The van der Waals surface area contributed by atoms with Crippen LogP contribution in [-0.2, 0) is 9.53 Å². The van der Waals surface area contributed by atoms with Crippen LogP contribution in [0.15, 0.2) is 24.3 Å². The van der Waals surface area contributed by atoms with Crippen molar-refractivity contribution in [1.29, 1.82) is 0 Å². The second kappa shape index (κ2) is 5.71. The molecule has 2 heterocycles. The average Bonchev–Trinajstić information content (AvgIpc) is 2.81. The van der Waals surface area contributed by atoms with Gasteiger partial charge in [-0.25, -0.2) is 14.1 Å². The Bertz CT molecular complexity index is 658. The summed E-state index contributed by atoms with van der Waals surface area (Å²) in [6, 6.07) is 2.84. The van der Waals surface area contributed by atoms with E-state index in [9.17, 15) is 27.2 Å². The number of ether oxygens (including phenoxy) is 1. The van der Waals surface area contributed by atoms with E-state index >= 15 is 0 Å². The minimum Gasteiger partial charge on any atom is -0.379 e. The van der Waals surface area contributed by atoms with Crippen LogP contribution < -0.4 is 10.2 Å². The largest absolute Gasteiger partial charge is 0.434 e. The Labute approximate surface area is 134 Å². The van der Waals surface area contributed by atoms with Gasteiger partial charge in [0.1, 0.15) is 5.82 Å². The van der Waals surface area contributed by atoms with Gasteiger partial charge in [-0.3, -0.25) is 9.69 Å². The molecule has 24 heavy (non-hydrogen) atoms. The van der Waals surface area contributed by atoms with Gasteiger partial charge in [0.25, 0.3) is 11.6 Å². The molecule has 10 heteroatoms. The third kappa shape index (κ3) is 2.42. The fraction of sp³-hybridized carbons (Fsp3) is 0.429. The van der Waals surface area contributed by atoms with Gasteiger partial charge < -0.3 is 10.1 Å². The van der Waals surface area contributed by atoms with Gasteiger partial charge in [-0.2, -0.15) is 13.2 Å². The Morgan fingerprint density at radius 3 is 2.21 bits per heavy atom. The Balaban J connectivity index is 2.03. The minimum absolute atomic E-state index is 0.0114. The number of benzene rings is 1. The molecule has 0 spiro atoms. The number of rotatable bonds is 2. The average molecular weight is 347 g/mol. The predicted molar refractivity (Wildman–Crippen MR) is 73.6 cm³/mol. The number of hydrogen-bond donors (Lipinski definition) is 1. The summed E-state index contributed by atoms with van der Waals surface area (Å²) in [4.78, 5) is 26.0. The number of alkyl halides is 3. The highest BCUT2D eigenvalue weighted by molar-refractivity contribution is 6.23. The molecule has 130 valence electrons. The zero-order chi connectivity index (χ0) is 17.5. The summed E-state index contributed by atoms with van der Waals surface area (Å²) in [5, 5.41) is 1.78. The third-order valence-corrected chi connectivity index (χ3v) is 3.98. The van der Waals surface area contributed by atoms with Crippen molar-refractivity contribution in [1.82, 2.24) is 10.2 Å². The molecule has 6 nitrogen and oxygen atoms in total. The monoisotopic (exact) mass is 347 g/mol. The van der Waals surface area contributed by atoms with E-state index in [0.717, 1.165) is 29.2 Å². The summed E-state index contributed by atoms with van der Waals surface area (Å²) in [6.07, 6.45) is -5.04. The molecule has 0 unspecified atom stereocenters. The zero-order valence-corrected chi connectivity index (χ0v) is 12.3. The van der Waals surface area contributed by atoms with Gasteiger partial charge in [0, 0.05) is 13.1 Å². The maximum absolute atomic E-state index is 13.8. The smallest absolute Gasteiger partial charge is 0.379 e. The number of hydrogen-bond acceptors (Lipinski definition) is 4. The van der Waals surface area contributed by atoms with Gasteiger partial charge in [-0.1, -0.05) is 0 Å². The molecule has 0 aromatic heterocycles. The maximum Gasteiger partial charge on any atom is 0.434 e. The molecule has 3 rings (SSSR count). The van der Waals surface area contributed by atoms with Gasteiger partial charge in [-0.05, 0) is 24.3 Å². The fourth-order valence-electron chi connectivity index (χ4n) is 2.83. The molecule has 0 aliphatic carbocycles. The van der Waals surface area contributed by atoms with E-state index in [2.05, 4.69) is 0 Å². The first-order valence-electron chi connectivity index (χ1n) is 7.09. The van der Waals surface area contributed by atoms with Crippen LogP contribution in [0.5, 0.6) is 0 Å². The molecule has 1 atom stereocenters. The van der Waals surface area contributed by atoms with E-state index < -0.39 is 29.6 Å². The van der Waals surface area contributed by atoms with Gasteiger partial charge in [0.2, 0.25) is 0 Å². The van der Waals surface area contributed by atoms with Crippen LogP contribution in [0.1, 0.15) is 0 Å². The lowest BCUT2D eigenvalue weighted by atomic mass is 10.1. The lowest BCUT2D eigenvalue weighted by Gasteiger charge is -2.41. The molecule has 0 radical (unpaired) electrons. The number of carbonyl (C=O) groups is 2. The molecular weight excluding hydrogens is 334 g/mol. The van der Waals surface area contributed by atoms with E-state index in [1.54, 1.807) is 5.32 Å². The number of nitrogens with zero attached hydrogens (tertiary/aromatic N) is 2. The molecule has 2 aliphatic heterocycles. The molecule has 2 fully saturated rings. The molecule has 0 saturated carbocycles. The van der Waals surface area contributed by atoms with E-state index in [0.29, 0.717) is 4.90 Å². The zero-order valence-electron chi connectivity index (χ0n) is 12.3. The molecular formula is C14H13F4N3O3. The number of urea groups is 1. The second-order valence-electron chi connectivity index (χ2n) is 5.35. The highest BCUT2D eigenvalue weighted by Crippen LogP contribution is 2.40. The lowest BCUT2D eigenvalue weighted by molar-refractivity contribution is -0.236. The van der Waals surface area contributed by atoms with E-state index in [1.807, 2.05) is 0 Å². The van der Waals surface area contributed by atoms with Crippen molar-refractivity contribution in [3.63, 3.8) is 0 Å². The summed E-state index contributed by atoms with van der Waals surface area (Å²) in [5.74, 6) is -2.10. The number of carbonyl (C=O) groups excluding carboxylic acids is 2. The second-order valence-corrected chi connectivity index (χ2v) is 5.35. The maximum atomic E-state index is 13.8. The highest BCUT2D eigenvalue weighted by Gasteiger charge is 2.71. The number of anilines is 1. The minimum atomic E-state index is -5.04. The lowest BCUT2D eigenvalue weighted by Crippen LogP contribution is -2.71. The first-order valence-corrected chi connectivity index (χ1v) is 7.09. The summed E-state index contributed by atoms with van der Waals surface area (Å²) in [7, 11) is 0. The molecule has 2 saturated heterocycles. The molecule has 0 bridgehead atoms. The summed E-state index contributed by atoms with van der Waals surface area (Å²) in [5.41, 5.74) is -3.29. The van der Waals surface area contributed by atoms with E-state index in [-0.39, 0.29) is 32.0 Å². The number of nitrogens with one attached hydrogen (secondary N) is 1. The number of halogens is 4. The third-order valence-electron chi connectivity index (χ3n) is 3.98. The summed E-state index contributed by atoms with van der Waals surface area (Å²) < 4.78 is 59.3. The number of imide groups is 1. The van der Waals surface area contributed by atoms with Crippen molar-refractivity contribution in [3.8, 4) is 0 Å². The van der Waals surface area contributed by atoms with Gasteiger partial charge in [0.05, 0.1) is 18.9 Å². The highest BCUT2D eigenvalue weighted by atomic mass is 19.4. The quantitative estimate of drug-likeness (QED) is 0.650. The van der Waals surface area contributed by atoms with Crippen molar-refractivity contribution < 1.29 is 31.9 Å². The number of morpholine rings is 1. The van der Waals surface area contributed by atoms with E-state index in [1.165, 1.54) is 0 Å². The van der Waals surface area contributed by atoms with Gasteiger partial charge in [0.15, 0.2) is 0 Å². The van der Waals surface area contributed by atoms with Crippen molar-refractivity contribution in [3.05, 3.63) is 30.1 Å². The first-order chi connectivity index (χ1) is 11.3. The summed E-state index contributed by atoms with van der Waals surface area (Å²) in [6.45, 7) is -0.305. The Kier molecular flexibility index (Phi) is 3.96. The van der Waals surface area contributed by atoms with Crippen LogP contribution >= 0.6 is 0 Å². The van der Waals surface area contributed by atoms with Crippen molar-refractivity contribution >= 4 is 17.6 Å². The summed E-state index contributed by atoms with van der Waals surface area (Å²) >= 11 is 0. The van der Waals surface area contributed by atoms with Crippen LogP contribution in [-0.4, -0.2) is 55.0 Å². The Hall–Kier alpha value is -2.20. The molecule has 1 aromatic carbocycles. The topological polar surface area (TPSA) is 61.9 Å². The van der Waals surface area contributed by atoms with Crippen LogP contribution in [0.3, 0.4) is 0 Å². The van der Waals surface area contributed by atoms with Crippen molar-refractivity contribution in [2.24, 2.45) is 0 Å². The molecule has 2 aliphatic rings. The van der Waals surface area contributed by atoms with Crippen molar-refractivity contribution in [2.45, 2.75) is 11.8 Å². The Morgan fingerprint density at radius 1 is 1.08 bits per heavy atom. The van der Waals surface area contributed by atoms with Crippen LogP contribution in [0.4, 0.5) is 28.0 Å². The predicted octanol–water partition coefficient (Wildman–Crippen LogP) is 1.47. The molecule has 1 aromatic rings. The van der Waals surface area contributed by atoms with Crippen LogP contribution in [0.25, 0.3) is 0 Å². The molecule has 1 N–H and O–H groups in total. The van der Waals surface area contributed by atoms with E-state index in [4.69, 9.17) is 4.74 Å². The van der Waals surface area contributed by atoms with Crippen LogP contribution in [0.2, 0.25) is 0 Å². The van der Waals surface area contributed by atoms with Crippen molar-refractivity contribution in [2.75, 3.05) is 31.2 Å². The van der Waals surface area contributed by atoms with Gasteiger partial charge >= 0.3 is 12.2 Å². The first kappa shape index (κ1) is 16.7. The number of amides is 3. The molecule has 3 amide bonds. The standard InChI is InChI=1S/C14H13F4N3O3/c15-9-1-3-10(4-2-9)21-11(22)13(14(16,17)18,19-12(21)23)20-5-7-24-8-6-20/h1-4H,5-8H2,(H,19,23)/t13-/m0/s1. The van der Waals surface area contributed by atoms with Crippen LogP contribution in [0, 0.1) is 5.82 Å². The normalized spacial score (nSPS) is 25.9. The van der Waals surface area contributed by atoms with Gasteiger partial charge in [-0.15, -0.1) is 0 Å². The Morgan fingerprint density at radius 2 is 1.67 bits per heavy atom. The fourth-order valence-corrected chi connectivity index (χ4v) is 2.83.